The Bertz CT molecular complexity index is 1600. The number of thiophene rings is 1. The Balaban J connectivity index is 1.30. The van der Waals surface area contributed by atoms with Crippen LogP contribution in [0.2, 0.25) is 0 Å². The van der Waals surface area contributed by atoms with Crippen molar-refractivity contribution in [2.75, 3.05) is 17.2 Å². The summed E-state index contributed by atoms with van der Waals surface area (Å²) in [6, 6.07) is 21.1. The Morgan fingerprint density at radius 2 is 1.67 bits per heavy atom. The number of amides is 2. The minimum absolute atomic E-state index is 0.145. The van der Waals surface area contributed by atoms with Crippen molar-refractivity contribution in [3.63, 3.8) is 0 Å². The number of fused-ring (bicyclic) bond motifs is 2. The maximum atomic E-state index is 13.5. The topological polar surface area (TPSA) is 84.5 Å². The molecule has 0 spiro atoms. The summed E-state index contributed by atoms with van der Waals surface area (Å²) in [6.45, 7) is 4.06. The summed E-state index contributed by atoms with van der Waals surface area (Å²) in [4.78, 5) is 41.6. The number of aryl methyl sites for hydroxylation is 1. The van der Waals surface area contributed by atoms with Crippen LogP contribution in [0.5, 0.6) is 0 Å². The first-order valence-corrected chi connectivity index (χ1v) is 16.4. The molecule has 0 saturated heterocycles. The molecular weight excluding hydrogens is 565 g/mol. The lowest BCUT2D eigenvalue weighted by atomic mass is 9.96. The van der Waals surface area contributed by atoms with Gasteiger partial charge in [-0.05, 0) is 85.7 Å². The highest BCUT2D eigenvalue weighted by Crippen LogP contribution is 2.38. The standard InChI is InChI=1S/C34H36N2O4S2/c1-3-28(32(38)36-33-30(34(39)40-4-2)27-16-7-5-6-8-17-29(27)42-33)41-26-15-11-14-25(21-26)35-31(37)24-19-18-22-12-9-10-13-23(22)20-24/h9-15,18-21,28H,3-8,16-17H2,1-2H3,(H,35,37)(H,36,38). The molecule has 1 aliphatic rings. The molecule has 2 N–H and O–H groups in total. The summed E-state index contributed by atoms with van der Waals surface area (Å²) in [6.07, 6.45) is 6.81. The lowest BCUT2D eigenvalue weighted by Crippen LogP contribution is -2.25. The molecule has 6 nitrogen and oxygen atoms in total. The zero-order valence-electron chi connectivity index (χ0n) is 24.0. The second-order valence-corrected chi connectivity index (χ2v) is 12.8. The minimum atomic E-state index is -0.379. The predicted octanol–water partition coefficient (Wildman–Crippen LogP) is 8.50. The summed E-state index contributed by atoms with van der Waals surface area (Å²) in [5.41, 5.74) is 2.82. The van der Waals surface area contributed by atoms with E-state index in [1.54, 1.807) is 6.92 Å². The Morgan fingerprint density at radius 3 is 2.45 bits per heavy atom. The fourth-order valence-electron chi connectivity index (χ4n) is 5.29. The number of hydrogen-bond acceptors (Lipinski definition) is 6. The molecule has 2 amide bonds. The first-order chi connectivity index (χ1) is 20.5. The molecule has 0 fully saturated rings. The Morgan fingerprint density at radius 1 is 0.881 bits per heavy atom. The van der Waals surface area contributed by atoms with E-state index in [0.717, 1.165) is 53.3 Å². The molecule has 42 heavy (non-hydrogen) atoms. The van der Waals surface area contributed by atoms with E-state index < -0.39 is 0 Å². The van der Waals surface area contributed by atoms with Crippen LogP contribution in [0.15, 0.2) is 71.6 Å². The molecule has 0 radical (unpaired) electrons. The molecule has 0 saturated carbocycles. The first kappa shape index (κ1) is 29.9. The van der Waals surface area contributed by atoms with E-state index in [-0.39, 0.29) is 29.6 Å². The van der Waals surface area contributed by atoms with E-state index >= 15 is 0 Å². The summed E-state index contributed by atoms with van der Waals surface area (Å²) < 4.78 is 5.40. The average Bonchev–Trinajstić information content (AvgIpc) is 3.31. The molecule has 3 aromatic carbocycles. The van der Waals surface area contributed by atoms with E-state index in [9.17, 15) is 14.4 Å². The molecule has 8 heteroatoms. The number of carbonyl (C=O) groups is 3. The van der Waals surface area contributed by atoms with Crippen LogP contribution < -0.4 is 10.6 Å². The summed E-state index contributed by atoms with van der Waals surface area (Å²) in [5, 5.41) is 8.39. The van der Waals surface area contributed by atoms with Crippen LogP contribution in [-0.4, -0.2) is 29.6 Å². The van der Waals surface area contributed by atoms with E-state index in [2.05, 4.69) is 10.6 Å². The Hall–Kier alpha value is -3.62. The highest BCUT2D eigenvalue weighted by molar-refractivity contribution is 8.00. The third kappa shape index (κ3) is 7.05. The third-order valence-electron chi connectivity index (χ3n) is 7.43. The normalized spacial score (nSPS) is 13.9. The van der Waals surface area contributed by atoms with Crippen LogP contribution in [0.4, 0.5) is 10.7 Å². The molecule has 1 aromatic heterocycles. The van der Waals surface area contributed by atoms with Gasteiger partial charge in [-0.25, -0.2) is 4.79 Å². The van der Waals surface area contributed by atoms with Crippen molar-refractivity contribution < 1.29 is 19.1 Å². The Labute approximate surface area is 255 Å². The van der Waals surface area contributed by atoms with Crippen molar-refractivity contribution in [2.45, 2.75) is 68.9 Å². The quantitative estimate of drug-likeness (QED) is 0.149. The van der Waals surface area contributed by atoms with E-state index in [1.165, 1.54) is 34.4 Å². The molecule has 0 bridgehead atoms. The van der Waals surface area contributed by atoms with Crippen LogP contribution in [0.3, 0.4) is 0 Å². The lowest BCUT2D eigenvalue weighted by molar-refractivity contribution is -0.115. The van der Waals surface area contributed by atoms with E-state index in [0.29, 0.717) is 28.2 Å². The maximum absolute atomic E-state index is 13.5. The van der Waals surface area contributed by atoms with Gasteiger partial charge in [0.25, 0.3) is 5.91 Å². The largest absolute Gasteiger partial charge is 0.462 e. The fraction of sp³-hybridized carbons (Fsp3) is 0.324. The van der Waals surface area contributed by atoms with Gasteiger partial charge in [-0.15, -0.1) is 23.1 Å². The molecule has 0 aliphatic heterocycles. The van der Waals surface area contributed by atoms with Gasteiger partial charge in [0.15, 0.2) is 0 Å². The minimum Gasteiger partial charge on any atom is -0.462 e. The van der Waals surface area contributed by atoms with Gasteiger partial charge < -0.3 is 15.4 Å². The van der Waals surface area contributed by atoms with Crippen LogP contribution in [0, 0.1) is 0 Å². The molecule has 1 heterocycles. The molecule has 1 aliphatic carbocycles. The molecule has 218 valence electrons. The van der Waals surface area contributed by atoms with Crippen molar-refractivity contribution in [1.82, 2.24) is 0 Å². The number of hydrogen-bond donors (Lipinski definition) is 2. The molecular formula is C34H36N2O4S2. The first-order valence-electron chi connectivity index (χ1n) is 14.7. The maximum Gasteiger partial charge on any atom is 0.341 e. The van der Waals surface area contributed by atoms with Gasteiger partial charge in [0.1, 0.15) is 5.00 Å². The van der Waals surface area contributed by atoms with Gasteiger partial charge in [-0.1, -0.05) is 56.2 Å². The number of benzene rings is 3. The van der Waals surface area contributed by atoms with Gasteiger partial charge in [0.2, 0.25) is 5.91 Å². The summed E-state index contributed by atoms with van der Waals surface area (Å²) in [5.74, 6) is -0.693. The summed E-state index contributed by atoms with van der Waals surface area (Å²) >= 11 is 2.97. The van der Waals surface area contributed by atoms with Crippen molar-refractivity contribution in [3.8, 4) is 0 Å². The number of esters is 1. The predicted molar refractivity (Wildman–Crippen MR) is 173 cm³/mol. The highest BCUT2D eigenvalue weighted by atomic mass is 32.2. The van der Waals surface area contributed by atoms with Crippen LogP contribution in [0.25, 0.3) is 10.8 Å². The monoisotopic (exact) mass is 600 g/mol. The number of thioether (sulfide) groups is 1. The average molecular weight is 601 g/mol. The second kappa shape index (κ2) is 14.0. The van der Waals surface area contributed by atoms with Crippen molar-refractivity contribution in [1.29, 1.82) is 0 Å². The van der Waals surface area contributed by atoms with Crippen molar-refractivity contribution >= 4 is 62.3 Å². The third-order valence-corrected chi connectivity index (χ3v) is 10.00. The van der Waals surface area contributed by atoms with Crippen molar-refractivity contribution in [3.05, 3.63) is 88.3 Å². The molecule has 1 atom stereocenters. The highest BCUT2D eigenvalue weighted by Gasteiger charge is 2.28. The molecule has 1 unspecified atom stereocenters. The second-order valence-electron chi connectivity index (χ2n) is 10.4. The van der Waals surface area contributed by atoms with E-state index in [1.807, 2.05) is 73.7 Å². The Kier molecular flexibility index (Phi) is 9.97. The number of ether oxygens (including phenoxy) is 1. The number of nitrogens with one attached hydrogen (secondary N) is 2. The van der Waals surface area contributed by atoms with Gasteiger partial charge in [0.05, 0.1) is 17.4 Å². The van der Waals surface area contributed by atoms with Gasteiger partial charge in [-0.3, -0.25) is 9.59 Å². The lowest BCUT2D eigenvalue weighted by Gasteiger charge is -2.16. The van der Waals surface area contributed by atoms with Crippen LogP contribution in [-0.2, 0) is 22.4 Å². The van der Waals surface area contributed by atoms with Crippen LogP contribution >= 0.6 is 23.1 Å². The SMILES string of the molecule is CCOC(=O)c1c(NC(=O)C(CC)Sc2cccc(NC(=O)c3ccc4ccccc4c3)c2)sc2c1CCCCCC2. The number of rotatable bonds is 9. The molecule has 4 aromatic rings. The zero-order valence-corrected chi connectivity index (χ0v) is 25.7. The van der Waals surface area contributed by atoms with Gasteiger partial charge >= 0.3 is 5.97 Å². The van der Waals surface area contributed by atoms with Crippen molar-refractivity contribution in [2.24, 2.45) is 0 Å². The zero-order chi connectivity index (χ0) is 29.5. The van der Waals surface area contributed by atoms with Crippen LogP contribution in [0.1, 0.15) is 77.1 Å². The molecule has 5 rings (SSSR count). The summed E-state index contributed by atoms with van der Waals surface area (Å²) in [7, 11) is 0. The van der Waals surface area contributed by atoms with Gasteiger partial charge in [-0.2, -0.15) is 0 Å². The smallest absolute Gasteiger partial charge is 0.341 e. The van der Waals surface area contributed by atoms with Gasteiger partial charge in [0, 0.05) is 21.0 Å². The fourth-order valence-corrected chi connectivity index (χ4v) is 7.58. The number of carbonyl (C=O) groups excluding carboxylic acids is 3. The van der Waals surface area contributed by atoms with E-state index in [4.69, 9.17) is 4.74 Å². The number of anilines is 2.